The Bertz CT molecular complexity index is 806. The molecule has 0 radical (unpaired) electrons. The van der Waals surface area contributed by atoms with E-state index in [-0.39, 0.29) is 0 Å². The molecule has 1 aromatic heterocycles. The van der Waals surface area contributed by atoms with Crippen molar-refractivity contribution in [2.45, 2.75) is 13.8 Å². The lowest BCUT2D eigenvalue weighted by molar-refractivity contribution is 1.29. The number of aromatic nitrogens is 2. The highest BCUT2D eigenvalue weighted by molar-refractivity contribution is 5.80. The van der Waals surface area contributed by atoms with Gasteiger partial charge in [-0.05, 0) is 49.2 Å². The molecule has 1 heterocycles. The van der Waals surface area contributed by atoms with E-state index in [0.29, 0.717) is 5.56 Å². The minimum Gasteiger partial charge on any atom is -0.338 e. The molecule has 0 unspecified atom stereocenters. The molecule has 0 saturated heterocycles. The van der Waals surface area contributed by atoms with E-state index in [1.165, 1.54) is 11.1 Å². The number of aromatic amines is 1. The minimum absolute atomic E-state index is 0.641. The van der Waals surface area contributed by atoms with Gasteiger partial charge in [0.1, 0.15) is 5.82 Å². The van der Waals surface area contributed by atoms with E-state index in [0.717, 1.165) is 22.4 Å². The second kappa shape index (κ2) is 4.25. The number of fused-ring (bicyclic) bond motifs is 1. The van der Waals surface area contributed by atoms with Crippen molar-refractivity contribution in [3.05, 3.63) is 53.1 Å². The zero-order valence-corrected chi connectivity index (χ0v) is 10.9. The lowest BCUT2D eigenvalue weighted by Gasteiger charge is -2.02. The van der Waals surface area contributed by atoms with E-state index in [1.54, 1.807) is 6.07 Å². The number of H-pyrrole nitrogens is 1. The molecule has 0 spiro atoms. The van der Waals surface area contributed by atoms with Crippen molar-refractivity contribution in [2.24, 2.45) is 0 Å². The maximum atomic E-state index is 8.90. The fourth-order valence-electron chi connectivity index (χ4n) is 2.10. The Kier molecular flexibility index (Phi) is 2.57. The van der Waals surface area contributed by atoms with Gasteiger partial charge in [-0.15, -0.1) is 0 Å². The molecule has 1 N–H and O–H groups in total. The number of hydrogen-bond donors (Lipinski definition) is 1. The molecule has 2 aromatic carbocycles. The van der Waals surface area contributed by atoms with E-state index in [9.17, 15) is 0 Å². The van der Waals surface area contributed by atoms with Crippen LogP contribution in [0.5, 0.6) is 0 Å². The highest BCUT2D eigenvalue weighted by Crippen LogP contribution is 2.23. The summed E-state index contributed by atoms with van der Waals surface area (Å²) in [4.78, 5) is 7.84. The third-order valence-corrected chi connectivity index (χ3v) is 3.39. The fourth-order valence-corrected chi connectivity index (χ4v) is 2.10. The van der Waals surface area contributed by atoms with Gasteiger partial charge in [-0.2, -0.15) is 5.26 Å². The molecule has 3 aromatic rings. The van der Waals surface area contributed by atoms with Crippen molar-refractivity contribution in [3.8, 4) is 17.5 Å². The molecular formula is C16H13N3. The SMILES string of the molecule is Cc1ccc(-c2nc3ccc(C#N)cc3[nH]2)cc1C. The van der Waals surface area contributed by atoms with E-state index < -0.39 is 0 Å². The van der Waals surface area contributed by atoms with Gasteiger partial charge in [-0.1, -0.05) is 12.1 Å². The van der Waals surface area contributed by atoms with Crippen LogP contribution in [-0.2, 0) is 0 Å². The van der Waals surface area contributed by atoms with Crippen molar-refractivity contribution in [1.82, 2.24) is 9.97 Å². The second-order valence-electron chi connectivity index (χ2n) is 4.73. The average Bonchev–Trinajstić information content (AvgIpc) is 2.84. The number of nitrogens with zero attached hydrogens (tertiary/aromatic N) is 2. The number of imidazole rings is 1. The summed E-state index contributed by atoms with van der Waals surface area (Å²) in [5, 5.41) is 8.90. The van der Waals surface area contributed by atoms with E-state index in [1.807, 2.05) is 12.1 Å². The summed E-state index contributed by atoms with van der Waals surface area (Å²) in [6, 6.07) is 13.9. The Balaban J connectivity index is 2.15. The first-order chi connectivity index (χ1) is 9.17. The van der Waals surface area contributed by atoms with Gasteiger partial charge in [-0.3, -0.25) is 0 Å². The first-order valence-electron chi connectivity index (χ1n) is 6.15. The predicted molar refractivity (Wildman–Crippen MR) is 75.7 cm³/mol. The molecular weight excluding hydrogens is 234 g/mol. The number of nitrogens with one attached hydrogen (secondary N) is 1. The molecule has 3 rings (SSSR count). The summed E-state index contributed by atoms with van der Waals surface area (Å²) in [6.45, 7) is 4.19. The molecule has 0 aliphatic rings. The summed E-state index contributed by atoms with van der Waals surface area (Å²) in [7, 11) is 0. The van der Waals surface area contributed by atoms with Crippen LogP contribution < -0.4 is 0 Å². The monoisotopic (exact) mass is 247 g/mol. The van der Waals surface area contributed by atoms with Crippen LogP contribution in [0.1, 0.15) is 16.7 Å². The molecule has 0 bridgehead atoms. The third-order valence-electron chi connectivity index (χ3n) is 3.39. The van der Waals surface area contributed by atoms with Gasteiger partial charge >= 0.3 is 0 Å². The molecule has 0 aliphatic carbocycles. The van der Waals surface area contributed by atoms with Crippen molar-refractivity contribution >= 4 is 11.0 Å². The predicted octanol–water partition coefficient (Wildman–Crippen LogP) is 3.72. The molecule has 92 valence electrons. The van der Waals surface area contributed by atoms with Crippen LogP contribution in [-0.4, -0.2) is 9.97 Å². The highest BCUT2D eigenvalue weighted by atomic mass is 14.9. The van der Waals surface area contributed by atoms with Gasteiger partial charge in [0.25, 0.3) is 0 Å². The first-order valence-corrected chi connectivity index (χ1v) is 6.15. The highest BCUT2D eigenvalue weighted by Gasteiger charge is 2.06. The summed E-state index contributed by atoms with van der Waals surface area (Å²) in [6.07, 6.45) is 0. The second-order valence-corrected chi connectivity index (χ2v) is 4.73. The normalized spacial score (nSPS) is 10.6. The maximum Gasteiger partial charge on any atom is 0.138 e. The standard InChI is InChI=1S/C16H13N3/c1-10-3-5-13(7-11(10)2)16-18-14-6-4-12(9-17)8-15(14)19-16/h3-8H,1-2H3,(H,18,19). The Morgan fingerprint density at radius 2 is 1.89 bits per heavy atom. The van der Waals surface area contributed by atoms with Crippen molar-refractivity contribution < 1.29 is 0 Å². The Morgan fingerprint density at radius 1 is 1.05 bits per heavy atom. The first kappa shape index (κ1) is 11.5. The molecule has 3 nitrogen and oxygen atoms in total. The Labute approximate surface area is 111 Å². The third kappa shape index (κ3) is 1.98. The van der Waals surface area contributed by atoms with E-state index in [2.05, 4.69) is 48.1 Å². The van der Waals surface area contributed by atoms with Crippen LogP contribution in [0.2, 0.25) is 0 Å². The largest absolute Gasteiger partial charge is 0.338 e. The smallest absolute Gasteiger partial charge is 0.138 e. The topological polar surface area (TPSA) is 52.5 Å². The Hall–Kier alpha value is -2.60. The quantitative estimate of drug-likeness (QED) is 0.712. The average molecular weight is 247 g/mol. The van der Waals surface area contributed by atoms with Gasteiger partial charge in [0, 0.05) is 5.56 Å². The molecule has 0 atom stereocenters. The van der Waals surface area contributed by atoms with Crippen molar-refractivity contribution in [1.29, 1.82) is 5.26 Å². The number of nitriles is 1. The van der Waals surface area contributed by atoms with Crippen molar-refractivity contribution in [2.75, 3.05) is 0 Å². The lowest BCUT2D eigenvalue weighted by atomic mass is 10.1. The zero-order chi connectivity index (χ0) is 13.4. The lowest BCUT2D eigenvalue weighted by Crippen LogP contribution is -1.84. The fraction of sp³-hybridized carbons (Fsp3) is 0.125. The summed E-state index contributed by atoms with van der Waals surface area (Å²) >= 11 is 0. The number of benzene rings is 2. The van der Waals surface area contributed by atoms with Crippen LogP contribution in [0.4, 0.5) is 0 Å². The summed E-state index contributed by atoms with van der Waals surface area (Å²) < 4.78 is 0. The number of aryl methyl sites for hydroxylation is 2. The molecule has 19 heavy (non-hydrogen) atoms. The number of hydrogen-bond acceptors (Lipinski definition) is 2. The molecule has 3 heteroatoms. The Morgan fingerprint density at radius 3 is 2.63 bits per heavy atom. The minimum atomic E-state index is 0.641. The van der Waals surface area contributed by atoms with Gasteiger partial charge in [0.05, 0.1) is 22.7 Å². The summed E-state index contributed by atoms with van der Waals surface area (Å²) in [5.41, 5.74) is 6.00. The van der Waals surface area contributed by atoms with Crippen molar-refractivity contribution in [3.63, 3.8) is 0 Å². The van der Waals surface area contributed by atoms with Crippen LogP contribution in [0.3, 0.4) is 0 Å². The molecule has 0 fully saturated rings. The van der Waals surface area contributed by atoms with Crippen LogP contribution in [0, 0.1) is 25.2 Å². The van der Waals surface area contributed by atoms with Gasteiger partial charge in [0.15, 0.2) is 0 Å². The summed E-state index contributed by atoms with van der Waals surface area (Å²) in [5.74, 6) is 0.841. The van der Waals surface area contributed by atoms with Crippen LogP contribution in [0.15, 0.2) is 36.4 Å². The molecule has 0 aliphatic heterocycles. The van der Waals surface area contributed by atoms with E-state index >= 15 is 0 Å². The molecule has 0 amide bonds. The van der Waals surface area contributed by atoms with Gasteiger partial charge < -0.3 is 4.98 Å². The molecule has 0 saturated carbocycles. The van der Waals surface area contributed by atoms with Crippen LogP contribution in [0.25, 0.3) is 22.4 Å². The van der Waals surface area contributed by atoms with Gasteiger partial charge in [-0.25, -0.2) is 4.98 Å². The van der Waals surface area contributed by atoms with E-state index in [4.69, 9.17) is 5.26 Å². The van der Waals surface area contributed by atoms with Gasteiger partial charge in [0.2, 0.25) is 0 Å². The zero-order valence-electron chi connectivity index (χ0n) is 10.9. The maximum absolute atomic E-state index is 8.90. The number of rotatable bonds is 1. The van der Waals surface area contributed by atoms with Crippen LogP contribution >= 0.6 is 0 Å².